The predicted octanol–water partition coefficient (Wildman–Crippen LogP) is 5.38. The van der Waals surface area contributed by atoms with Crippen molar-refractivity contribution in [2.24, 2.45) is 5.92 Å². The number of alkyl halides is 2. The van der Waals surface area contributed by atoms with Gasteiger partial charge in [-0.15, -0.1) is 23.2 Å². The van der Waals surface area contributed by atoms with Gasteiger partial charge in [-0.3, -0.25) is 14.4 Å². The van der Waals surface area contributed by atoms with Crippen LogP contribution < -0.4 is 5.32 Å². The van der Waals surface area contributed by atoms with Gasteiger partial charge in [0.15, 0.2) is 5.78 Å². The Morgan fingerprint density at radius 2 is 1.56 bits per heavy atom. The van der Waals surface area contributed by atoms with E-state index in [9.17, 15) is 14.4 Å². The molecule has 0 heterocycles. The van der Waals surface area contributed by atoms with Gasteiger partial charge in [0.1, 0.15) is 4.33 Å². The molecule has 0 spiro atoms. The van der Waals surface area contributed by atoms with Crippen LogP contribution in [0.25, 0.3) is 0 Å². The Morgan fingerprint density at radius 3 is 2.15 bits per heavy atom. The highest BCUT2D eigenvalue weighted by Crippen LogP contribution is 2.65. The molecule has 34 heavy (non-hydrogen) atoms. The highest BCUT2D eigenvalue weighted by molar-refractivity contribution is 6.53. The number of halogens is 5. The predicted molar refractivity (Wildman–Crippen MR) is 138 cm³/mol. The molecular formula is C23H22Cl5N3O3. The number of nitrogens with one attached hydrogen (secondary N) is 1. The van der Waals surface area contributed by atoms with Gasteiger partial charge in [-0.05, 0) is 56.1 Å². The van der Waals surface area contributed by atoms with Crippen LogP contribution in [0.2, 0.25) is 15.1 Å². The van der Waals surface area contributed by atoms with E-state index >= 15 is 0 Å². The summed E-state index contributed by atoms with van der Waals surface area (Å²) in [5.74, 6) is -2.25. The minimum atomic E-state index is -1.33. The van der Waals surface area contributed by atoms with Gasteiger partial charge in [0, 0.05) is 34.3 Å². The molecule has 182 valence electrons. The van der Waals surface area contributed by atoms with Crippen LogP contribution in [0, 0.1) is 5.92 Å². The Kier molecular flexibility index (Phi) is 8.44. The quantitative estimate of drug-likeness (QED) is 0.345. The van der Waals surface area contributed by atoms with E-state index in [4.69, 9.17) is 58.0 Å². The van der Waals surface area contributed by atoms with Crippen LogP contribution in [-0.4, -0.2) is 66.0 Å². The highest BCUT2D eigenvalue weighted by atomic mass is 35.5. The number of ketones is 1. The van der Waals surface area contributed by atoms with Gasteiger partial charge in [-0.25, -0.2) is 0 Å². The number of amides is 2. The van der Waals surface area contributed by atoms with Crippen molar-refractivity contribution in [1.82, 2.24) is 9.80 Å². The summed E-state index contributed by atoms with van der Waals surface area (Å²) in [6, 6.07) is 9.43. The van der Waals surface area contributed by atoms with Crippen LogP contribution in [0.3, 0.4) is 0 Å². The second-order valence-electron chi connectivity index (χ2n) is 8.43. The summed E-state index contributed by atoms with van der Waals surface area (Å²) in [6.07, 6.45) is 0. The molecule has 11 heteroatoms. The average Bonchev–Trinajstić information content (AvgIpc) is 3.30. The fourth-order valence-electron chi connectivity index (χ4n) is 3.64. The molecule has 0 saturated heterocycles. The van der Waals surface area contributed by atoms with Crippen molar-refractivity contribution >= 4 is 81.3 Å². The molecule has 0 radical (unpaired) electrons. The Hall–Kier alpha value is -1.54. The summed E-state index contributed by atoms with van der Waals surface area (Å²) in [7, 11) is 5.07. The molecule has 2 aromatic carbocycles. The molecule has 1 saturated carbocycles. The molecule has 2 amide bonds. The van der Waals surface area contributed by atoms with Gasteiger partial charge in [-0.1, -0.05) is 34.8 Å². The molecule has 6 nitrogen and oxygen atoms in total. The summed E-state index contributed by atoms with van der Waals surface area (Å²) < 4.78 is -1.33. The smallest absolute Gasteiger partial charge is 0.236 e. The van der Waals surface area contributed by atoms with Crippen LogP contribution in [0.5, 0.6) is 0 Å². The number of benzene rings is 2. The van der Waals surface area contributed by atoms with Gasteiger partial charge in [0.2, 0.25) is 11.8 Å². The fraction of sp³-hybridized carbons (Fsp3) is 0.348. The molecule has 1 aliphatic rings. The molecule has 1 fully saturated rings. The summed E-state index contributed by atoms with van der Waals surface area (Å²) >= 11 is 31.2. The zero-order valence-electron chi connectivity index (χ0n) is 18.5. The Labute approximate surface area is 223 Å². The summed E-state index contributed by atoms with van der Waals surface area (Å²) in [5.41, 5.74) is 1.18. The summed E-state index contributed by atoms with van der Waals surface area (Å²) in [6.45, 7) is 0.0170. The van der Waals surface area contributed by atoms with Crippen LogP contribution in [-0.2, 0) is 9.59 Å². The average molecular weight is 566 g/mol. The number of likely N-dealkylation sites (N-methyl/N-ethyl adjacent to an activating group) is 2. The first-order valence-corrected chi connectivity index (χ1v) is 12.1. The summed E-state index contributed by atoms with van der Waals surface area (Å²) in [4.78, 5) is 40.9. The maximum absolute atomic E-state index is 13.0. The standard InChI is InChI=1S/C23H22Cl5N3O3/c1-30(2)11-19(33)31(3)10-18(32)16-9-15(4-5-17(16)26)29-22(34)21-20(23(21,27)28)12-6-13(24)8-14(25)7-12/h4-9,20-21H,10-11H2,1-3H3,(H,29,34). The van der Waals surface area contributed by atoms with Crippen molar-refractivity contribution < 1.29 is 14.4 Å². The van der Waals surface area contributed by atoms with E-state index in [1.54, 1.807) is 50.3 Å². The Balaban J connectivity index is 1.73. The fourth-order valence-corrected chi connectivity index (χ4v) is 5.23. The molecule has 2 unspecified atom stereocenters. The Bertz CT molecular complexity index is 1120. The van der Waals surface area contributed by atoms with Crippen molar-refractivity contribution in [3.63, 3.8) is 0 Å². The van der Waals surface area contributed by atoms with E-state index in [-0.39, 0.29) is 35.4 Å². The number of hydrogen-bond donors (Lipinski definition) is 1. The molecule has 2 atom stereocenters. The van der Waals surface area contributed by atoms with E-state index in [2.05, 4.69) is 5.32 Å². The van der Waals surface area contributed by atoms with Crippen molar-refractivity contribution in [1.29, 1.82) is 0 Å². The maximum atomic E-state index is 13.0. The number of anilines is 1. The van der Waals surface area contributed by atoms with E-state index in [0.717, 1.165) is 0 Å². The largest absolute Gasteiger partial charge is 0.337 e. The number of hydrogen-bond acceptors (Lipinski definition) is 4. The lowest BCUT2D eigenvalue weighted by atomic mass is 10.1. The molecule has 3 rings (SSSR count). The van der Waals surface area contributed by atoms with Crippen LogP contribution in [0.1, 0.15) is 21.8 Å². The SMILES string of the molecule is CN(C)CC(=O)N(C)CC(=O)c1cc(NC(=O)C2C(c3cc(Cl)cc(Cl)c3)C2(Cl)Cl)ccc1Cl. The van der Waals surface area contributed by atoms with Gasteiger partial charge < -0.3 is 15.1 Å². The van der Waals surface area contributed by atoms with E-state index < -0.39 is 22.1 Å². The molecule has 0 aromatic heterocycles. The first-order chi connectivity index (χ1) is 15.8. The first-order valence-electron chi connectivity index (χ1n) is 10.2. The van der Waals surface area contributed by atoms with Crippen LogP contribution in [0.15, 0.2) is 36.4 Å². The van der Waals surface area contributed by atoms with Crippen LogP contribution >= 0.6 is 58.0 Å². The second kappa shape index (κ2) is 10.6. The molecule has 0 aliphatic heterocycles. The van der Waals surface area contributed by atoms with E-state index in [1.807, 2.05) is 0 Å². The third kappa shape index (κ3) is 6.17. The zero-order valence-corrected chi connectivity index (χ0v) is 22.3. The maximum Gasteiger partial charge on any atom is 0.236 e. The first kappa shape index (κ1) is 27.1. The van der Waals surface area contributed by atoms with Gasteiger partial charge in [0.25, 0.3) is 0 Å². The number of carbonyl (C=O) groups is 3. The number of carbonyl (C=O) groups excluding carboxylic acids is 3. The highest BCUT2D eigenvalue weighted by Gasteiger charge is 2.67. The monoisotopic (exact) mass is 563 g/mol. The normalized spacial score (nSPS) is 18.5. The van der Waals surface area contributed by atoms with Crippen molar-refractivity contribution in [2.75, 3.05) is 39.5 Å². The molecule has 1 aliphatic carbocycles. The number of Topliss-reactive ketones (excluding diaryl/α,β-unsaturated/α-hetero) is 1. The lowest BCUT2D eigenvalue weighted by Crippen LogP contribution is -2.38. The van der Waals surface area contributed by atoms with Gasteiger partial charge in [-0.2, -0.15) is 0 Å². The number of rotatable bonds is 8. The van der Waals surface area contributed by atoms with Gasteiger partial charge in [0.05, 0.1) is 24.0 Å². The topological polar surface area (TPSA) is 69.7 Å². The zero-order chi connectivity index (χ0) is 25.4. The minimum Gasteiger partial charge on any atom is -0.337 e. The molecule has 1 N–H and O–H groups in total. The molecule has 2 aromatic rings. The second-order valence-corrected chi connectivity index (χ2v) is 11.2. The van der Waals surface area contributed by atoms with Crippen LogP contribution in [0.4, 0.5) is 5.69 Å². The minimum absolute atomic E-state index is 0.156. The lowest BCUT2D eigenvalue weighted by Gasteiger charge is -2.19. The Morgan fingerprint density at radius 1 is 0.941 bits per heavy atom. The van der Waals surface area contributed by atoms with E-state index in [0.29, 0.717) is 21.3 Å². The van der Waals surface area contributed by atoms with Crippen molar-refractivity contribution in [2.45, 2.75) is 10.3 Å². The van der Waals surface area contributed by atoms with Crippen molar-refractivity contribution in [3.05, 3.63) is 62.6 Å². The molecule has 0 bridgehead atoms. The summed E-state index contributed by atoms with van der Waals surface area (Å²) in [5, 5.41) is 3.77. The number of nitrogens with zero attached hydrogens (tertiary/aromatic N) is 2. The third-order valence-corrected chi connectivity index (χ3v) is 7.08. The third-order valence-electron chi connectivity index (χ3n) is 5.37. The van der Waals surface area contributed by atoms with Gasteiger partial charge >= 0.3 is 0 Å². The van der Waals surface area contributed by atoms with Crippen molar-refractivity contribution in [3.8, 4) is 0 Å². The van der Waals surface area contributed by atoms with E-state index in [1.165, 1.54) is 17.0 Å². The lowest BCUT2D eigenvalue weighted by molar-refractivity contribution is -0.130. The molecular weight excluding hydrogens is 544 g/mol.